The maximum atomic E-state index is 4.53. The smallest absolute Gasteiger partial charge is 0.181 e. The molecule has 0 spiro atoms. The van der Waals surface area contributed by atoms with Gasteiger partial charge in [-0.15, -0.1) is 11.3 Å². The summed E-state index contributed by atoms with van der Waals surface area (Å²) in [7, 11) is 1.87. The monoisotopic (exact) mass is 346 g/mol. The number of halogens is 1. The first-order chi connectivity index (χ1) is 7.76. The number of anilines is 1. The lowest BCUT2D eigenvalue weighted by molar-refractivity contribution is 0.985. The fourth-order valence-corrected chi connectivity index (χ4v) is 2.75. The third-order valence-electron chi connectivity index (χ3n) is 2.15. The minimum Gasteiger partial charge on any atom is -0.372 e. The Bertz CT molecular complexity index is 459. The van der Waals surface area contributed by atoms with Gasteiger partial charge >= 0.3 is 0 Å². The van der Waals surface area contributed by atoms with Crippen LogP contribution in [-0.2, 0) is 6.42 Å². The quantitative estimate of drug-likeness (QED) is 0.869. The average Bonchev–Trinajstić information content (AvgIpc) is 2.83. The van der Waals surface area contributed by atoms with Crippen molar-refractivity contribution in [3.63, 3.8) is 0 Å². The molecule has 0 aliphatic rings. The zero-order valence-corrected chi connectivity index (χ0v) is 12.0. The standard InChI is InChI=1S/C10H11IN4S/c1-3-6-8(11)10(12-2)15-9(14-6)7-4-16-5-13-7/h4-5H,3H2,1-2H3,(H,12,14,15). The van der Waals surface area contributed by atoms with Crippen LogP contribution < -0.4 is 5.32 Å². The third kappa shape index (κ3) is 2.17. The van der Waals surface area contributed by atoms with Crippen molar-refractivity contribution in [1.82, 2.24) is 15.0 Å². The van der Waals surface area contributed by atoms with Crippen molar-refractivity contribution in [2.45, 2.75) is 13.3 Å². The van der Waals surface area contributed by atoms with Gasteiger partial charge in [0, 0.05) is 12.4 Å². The molecule has 2 heterocycles. The van der Waals surface area contributed by atoms with E-state index in [2.05, 4.69) is 49.8 Å². The Balaban J connectivity index is 2.56. The van der Waals surface area contributed by atoms with Crippen LogP contribution >= 0.6 is 33.9 Å². The summed E-state index contributed by atoms with van der Waals surface area (Å²) in [5.74, 6) is 1.57. The number of nitrogens with one attached hydrogen (secondary N) is 1. The van der Waals surface area contributed by atoms with Gasteiger partial charge in [0.15, 0.2) is 5.82 Å². The predicted octanol–water partition coefficient (Wildman–Crippen LogP) is 2.81. The zero-order chi connectivity index (χ0) is 11.5. The van der Waals surface area contributed by atoms with Crippen LogP contribution in [0.4, 0.5) is 5.82 Å². The minimum atomic E-state index is 0.697. The Morgan fingerprint density at radius 2 is 2.25 bits per heavy atom. The first-order valence-corrected chi connectivity index (χ1v) is 6.91. The molecule has 0 bridgehead atoms. The van der Waals surface area contributed by atoms with Crippen LogP contribution in [0, 0.1) is 3.57 Å². The Morgan fingerprint density at radius 1 is 1.44 bits per heavy atom. The molecule has 0 saturated carbocycles. The zero-order valence-electron chi connectivity index (χ0n) is 8.99. The van der Waals surface area contributed by atoms with Crippen molar-refractivity contribution < 1.29 is 0 Å². The van der Waals surface area contributed by atoms with Crippen molar-refractivity contribution in [1.29, 1.82) is 0 Å². The van der Waals surface area contributed by atoms with Crippen molar-refractivity contribution in [2.75, 3.05) is 12.4 Å². The summed E-state index contributed by atoms with van der Waals surface area (Å²) in [6.45, 7) is 2.09. The lowest BCUT2D eigenvalue weighted by Crippen LogP contribution is -2.04. The molecular weight excluding hydrogens is 335 g/mol. The molecule has 84 valence electrons. The van der Waals surface area contributed by atoms with Gasteiger partial charge in [-0.25, -0.2) is 15.0 Å². The van der Waals surface area contributed by atoms with Gasteiger partial charge in [-0.3, -0.25) is 0 Å². The second kappa shape index (κ2) is 5.05. The molecule has 0 fully saturated rings. The highest BCUT2D eigenvalue weighted by Gasteiger charge is 2.12. The molecule has 0 unspecified atom stereocenters. The van der Waals surface area contributed by atoms with Gasteiger partial charge in [0.25, 0.3) is 0 Å². The summed E-state index contributed by atoms with van der Waals surface area (Å²) in [6.07, 6.45) is 0.895. The normalized spacial score (nSPS) is 10.4. The molecule has 0 atom stereocenters. The molecule has 4 nitrogen and oxygen atoms in total. The highest BCUT2D eigenvalue weighted by molar-refractivity contribution is 14.1. The van der Waals surface area contributed by atoms with Crippen LogP contribution in [0.5, 0.6) is 0 Å². The maximum Gasteiger partial charge on any atom is 0.181 e. The van der Waals surface area contributed by atoms with E-state index in [4.69, 9.17) is 0 Å². The van der Waals surface area contributed by atoms with Crippen LogP contribution in [0.25, 0.3) is 11.5 Å². The van der Waals surface area contributed by atoms with E-state index in [1.54, 1.807) is 16.8 Å². The first-order valence-electron chi connectivity index (χ1n) is 4.89. The molecule has 0 aliphatic heterocycles. The number of hydrogen-bond donors (Lipinski definition) is 1. The van der Waals surface area contributed by atoms with E-state index in [0.29, 0.717) is 5.82 Å². The molecule has 2 aromatic rings. The lowest BCUT2D eigenvalue weighted by atomic mass is 10.3. The van der Waals surface area contributed by atoms with E-state index >= 15 is 0 Å². The van der Waals surface area contributed by atoms with Crippen molar-refractivity contribution >= 4 is 39.7 Å². The van der Waals surface area contributed by atoms with Crippen LogP contribution in [0.2, 0.25) is 0 Å². The number of thiazole rings is 1. The molecule has 16 heavy (non-hydrogen) atoms. The summed E-state index contributed by atoms with van der Waals surface area (Å²) in [5.41, 5.74) is 3.69. The molecule has 0 aromatic carbocycles. The van der Waals surface area contributed by atoms with Gasteiger partial charge < -0.3 is 5.32 Å². The molecule has 0 saturated heterocycles. The van der Waals surface area contributed by atoms with Gasteiger partial charge in [-0.2, -0.15) is 0 Å². The molecule has 0 amide bonds. The van der Waals surface area contributed by atoms with E-state index in [1.807, 2.05) is 12.4 Å². The minimum absolute atomic E-state index is 0.697. The highest BCUT2D eigenvalue weighted by Crippen LogP contribution is 2.23. The molecule has 6 heteroatoms. The predicted molar refractivity (Wildman–Crippen MR) is 74.8 cm³/mol. The Morgan fingerprint density at radius 3 is 2.81 bits per heavy atom. The van der Waals surface area contributed by atoms with Gasteiger partial charge in [-0.05, 0) is 29.0 Å². The molecule has 2 aromatic heterocycles. The second-order valence-corrected chi connectivity index (χ2v) is 4.93. The second-order valence-electron chi connectivity index (χ2n) is 3.13. The first kappa shape index (κ1) is 11.7. The van der Waals surface area contributed by atoms with Gasteiger partial charge in [0.05, 0.1) is 14.8 Å². The molecule has 0 aliphatic carbocycles. The summed E-state index contributed by atoms with van der Waals surface area (Å²) in [5, 5.41) is 5.05. The van der Waals surface area contributed by atoms with Crippen molar-refractivity contribution in [2.24, 2.45) is 0 Å². The highest BCUT2D eigenvalue weighted by atomic mass is 127. The SMILES string of the molecule is CCc1nc(-c2cscn2)nc(NC)c1I. The topological polar surface area (TPSA) is 50.7 Å². The molecular formula is C10H11IN4S. The number of aromatic nitrogens is 3. The molecule has 2 rings (SSSR count). The van der Waals surface area contributed by atoms with E-state index in [-0.39, 0.29) is 0 Å². The van der Waals surface area contributed by atoms with E-state index < -0.39 is 0 Å². The summed E-state index contributed by atoms with van der Waals surface area (Å²) in [6, 6.07) is 0. The van der Waals surface area contributed by atoms with E-state index in [1.165, 1.54) is 0 Å². The fraction of sp³-hybridized carbons (Fsp3) is 0.300. The number of rotatable bonds is 3. The van der Waals surface area contributed by atoms with Crippen molar-refractivity contribution in [3.8, 4) is 11.5 Å². The Hall–Kier alpha value is -0.760. The van der Waals surface area contributed by atoms with Gasteiger partial charge in [-0.1, -0.05) is 6.92 Å². The largest absolute Gasteiger partial charge is 0.372 e. The van der Waals surface area contributed by atoms with Crippen LogP contribution in [0.15, 0.2) is 10.9 Å². The lowest BCUT2D eigenvalue weighted by Gasteiger charge is -2.08. The molecule has 1 N–H and O–H groups in total. The number of nitrogens with zero attached hydrogens (tertiary/aromatic N) is 3. The van der Waals surface area contributed by atoms with Crippen LogP contribution in [0.1, 0.15) is 12.6 Å². The van der Waals surface area contributed by atoms with E-state index in [0.717, 1.165) is 27.2 Å². The number of hydrogen-bond acceptors (Lipinski definition) is 5. The average molecular weight is 346 g/mol. The van der Waals surface area contributed by atoms with E-state index in [9.17, 15) is 0 Å². The Kier molecular flexibility index (Phi) is 3.70. The Labute approximate surface area is 112 Å². The molecule has 0 radical (unpaired) electrons. The van der Waals surface area contributed by atoms with Crippen LogP contribution in [-0.4, -0.2) is 22.0 Å². The van der Waals surface area contributed by atoms with Gasteiger partial charge in [0.1, 0.15) is 11.5 Å². The summed E-state index contributed by atoms with van der Waals surface area (Å²) in [4.78, 5) is 13.2. The van der Waals surface area contributed by atoms with Crippen LogP contribution in [0.3, 0.4) is 0 Å². The number of aryl methyl sites for hydroxylation is 1. The third-order valence-corrected chi connectivity index (χ3v) is 3.87. The summed E-state index contributed by atoms with van der Waals surface area (Å²) >= 11 is 3.82. The fourth-order valence-electron chi connectivity index (χ4n) is 1.33. The summed E-state index contributed by atoms with van der Waals surface area (Å²) < 4.78 is 1.08. The van der Waals surface area contributed by atoms with Gasteiger partial charge in [0.2, 0.25) is 0 Å². The maximum absolute atomic E-state index is 4.53. The van der Waals surface area contributed by atoms with Crippen molar-refractivity contribution in [3.05, 3.63) is 20.2 Å².